The number of hydrogen-bond donors (Lipinski definition) is 4. The molecule has 0 atom stereocenters. The molecule has 4 aromatic heterocycles. The maximum absolute atomic E-state index is 13.4. The van der Waals surface area contributed by atoms with Crippen molar-refractivity contribution < 1.29 is 55.7 Å². The lowest BCUT2D eigenvalue weighted by molar-refractivity contribution is -0.138. The fourth-order valence-electron chi connectivity index (χ4n) is 8.96. The van der Waals surface area contributed by atoms with Crippen molar-refractivity contribution in [1.82, 2.24) is 49.3 Å². The van der Waals surface area contributed by atoms with Crippen LogP contribution in [0.4, 0.5) is 26.3 Å². The molecule has 432 valence electrons. The maximum atomic E-state index is 13.4. The van der Waals surface area contributed by atoms with Crippen molar-refractivity contribution in [3.05, 3.63) is 187 Å². The van der Waals surface area contributed by atoms with Crippen molar-refractivity contribution >= 4 is 92.2 Å². The molecule has 4 N–H and O–H groups in total. The van der Waals surface area contributed by atoms with Crippen LogP contribution in [0.15, 0.2) is 133 Å². The Hall–Kier alpha value is -8.70. The Labute approximate surface area is 492 Å². The normalized spacial score (nSPS) is 11.7. The average Bonchev–Trinajstić information content (AvgIpc) is 3.82. The van der Waals surface area contributed by atoms with Gasteiger partial charge in [0.15, 0.2) is 11.6 Å². The Kier molecular flexibility index (Phi) is 17.6. The number of aromatic nitrogens is 8. The Bertz CT molecular complexity index is 3950. The summed E-state index contributed by atoms with van der Waals surface area (Å²) in [6, 6.07) is 33.7. The smallest absolute Gasteiger partial charge is 0.416 e. The van der Waals surface area contributed by atoms with Crippen LogP contribution in [-0.4, -0.2) is 85.7 Å². The van der Waals surface area contributed by atoms with Crippen LogP contribution in [0.2, 0.25) is 20.1 Å². The summed E-state index contributed by atoms with van der Waals surface area (Å²) < 4.78 is 86.9. The summed E-state index contributed by atoms with van der Waals surface area (Å²) in [5.74, 6) is -2.04. The number of nitrogens with zero attached hydrogens (tertiary/aromatic N) is 8. The number of rotatable bonds is 16. The lowest BCUT2D eigenvalue weighted by atomic mass is 10.1. The van der Waals surface area contributed by atoms with Gasteiger partial charge in [-0.15, -0.1) is 0 Å². The topological polar surface area (TPSA) is 204 Å². The van der Waals surface area contributed by atoms with E-state index in [0.29, 0.717) is 93.3 Å². The first-order valence-corrected chi connectivity index (χ1v) is 26.6. The van der Waals surface area contributed by atoms with Crippen molar-refractivity contribution in [2.45, 2.75) is 38.3 Å². The molecule has 0 spiro atoms. The molecule has 0 aliphatic carbocycles. The number of aliphatic carboxylic acids is 2. The summed E-state index contributed by atoms with van der Waals surface area (Å²) in [5, 5.41) is 33.8. The summed E-state index contributed by atoms with van der Waals surface area (Å²) in [6.07, 6.45) is -9.39. The monoisotopic (exact) mass is 1230 g/mol. The predicted octanol–water partition coefficient (Wildman–Crippen LogP) is 13.4. The number of aryl methyl sites for hydroxylation is 2. The number of amides is 2. The summed E-state index contributed by atoms with van der Waals surface area (Å²) in [7, 11) is 3.35. The Balaban J connectivity index is 0.000000202. The number of alkyl halides is 6. The Morgan fingerprint density at radius 3 is 1.30 bits per heavy atom. The third-order valence-electron chi connectivity index (χ3n) is 13.1. The first kappa shape index (κ1) is 59.9. The van der Waals surface area contributed by atoms with E-state index in [1.165, 1.54) is 12.1 Å². The highest BCUT2D eigenvalue weighted by atomic mass is 35.5. The molecule has 16 nitrogen and oxygen atoms in total. The van der Waals surface area contributed by atoms with Gasteiger partial charge in [0.25, 0.3) is 11.8 Å². The molecule has 4 heterocycles. The van der Waals surface area contributed by atoms with Gasteiger partial charge in [-0.1, -0.05) is 70.7 Å². The van der Waals surface area contributed by atoms with Gasteiger partial charge in [-0.2, -0.15) is 36.5 Å². The molecule has 10 rings (SSSR count). The average molecular weight is 1230 g/mol. The lowest BCUT2D eigenvalue weighted by Crippen LogP contribution is -2.25. The highest BCUT2D eigenvalue weighted by Crippen LogP contribution is 2.37. The second-order valence-electron chi connectivity index (χ2n) is 19.0. The molecule has 26 heteroatoms. The van der Waals surface area contributed by atoms with E-state index < -0.39 is 47.2 Å². The largest absolute Gasteiger partial charge is 0.481 e. The van der Waals surface area contributed by atoms with E-state index in [2.05, 4.69) is 20.6 Å². The molecule has 0 saturated heterocycles. The summed E-state index contributed by atoms with van der Waals surface area (Å²) in [5.41, 5.74) is 5.45. The van der Waals surface area contributed by atoms with Gasteiger partial charge in [-0.25, -0.2) is 9.97 Å². The third kappa shape index (κ3) is 14.0. The van der Waals surface area contributed by atoms with Crippen LogP contribution in [0, 0.1) is 0 Å². The molecule has 0 aliphatic heterocycles. The van der Waals surface area contributed by atoms with Gasteiger partial charge in [-0.05, 0) is 120 Å². The minimum Gasteiger partial charge on any atom is -0.481 e. The molecule has 0 bridgehead atoms. The van der Waals surface area contributed by atoms with Crippen molar-refractivity contribution in [1.29, 1.82) is 0 Å². The van der Waals surface area contributed by atoms with Crippen LogP contribution in [-0.2, 0) is 49.1 Å². The highest BCUT2D eigenvalue weighted by Gasteiger charge is 2.33. The minimum atomic E-state index is -4.51. The van der Waals surface area contributed by atoms with E-state index in [4.69, 9.17) is 66.8 Å². The number of benzene rings is 6. The maximum Gasteiger partial charge on any atom is 0.416 e. The molecular formula is C58H44Cl4F6N10O6. The van der Waals surface area contributed by atoms with Crippen LogP contribution < -0.4 is 10.6 Å². The molecule has 0 fully saturated rings. The van der Waals surface area contributed by atoms with Crippen LogP contribution in [0.1, 0.15) is 55.8 Å². The van der Waals surface area contributed by atoms with Gasteiger partial charge in [-0.3, -0.25) is 28.5 Å². The van der Waals surface area contributed by atoms with Crippen molar-refractivity contribution in [3.8, 4) is 45.6 Å². The first-order valence-electron chi connectivity index (χ1n) is 25.1. The van der Waals surface area contributed by atoms with Gasteiger partial charge in [0.05, 0.1) is 70.5 Å². The number of halogens is 10. The molecular weight excluding hydrogens is 1190 g/mol. The van der Waals surface area contributed by atoms with E-state index in [9.17, 15) is 45.5 Å². The number of carbonyl (C=O) groups excluding carboxylic acids is 2. The molecule has 0 radical (unpaired) electrons. The van der Waals surface area contributed by atoms with E-state index >= 15 is 0 Å². The molecule has 10 aromatic rings. The SMILES string of the molecule is Cn1c(-c2cc(-c3cc(Cl)cc(Cl)c3)nn2Cc2ccc(C(=O)NCCC(=O)O)cc2)nc2cc(C(F)(F)F)ccc21.Cn1c(-c2cc(-c3cc(Cl)cc(Cl)c3)nn2Cc2ccc(C(=O)NCCC(=O)O)cc2)nc2ccc(C(F)(F)F)cc21. The van der Waals surface area contributed by atoms with Crippen LogP contribution in [0.5, 0.6) is 0 Å². The molecule has 6 aromatic carbocycles. The molecule has 0 unspecified atom stereocenters. The van der Waals surface area contributed by atoms with Crippen LogP contribution in [0.25, 0.3) is 67.6 Å². The van der Waals surface area contributed by atoms with Gasteiger partial charge >= 0.3 is 24.3 Å². The number of nitrogens with one attached hydrogen (secondary N) is 2. The number of carboxylic acid groups (broad SMARTS) is 2. The Morgan fingerprint density at radius 1 is 0.488 bits per heavy atom. The van der Waals surface area contributed by atoms with E-state index in [-0.39, 0.29) is 44.5 Å². The zero-order chi connectivity index (χ0) is 60.4. The van der Waals surface area contributed by atoms with Gasteiger partial charge < -0.3 is 30.0 Å². The molecule has 2 amide bonds. The number of hydrogen-bond acceptors (Lipinski definition) is 8. The molecule has 0 aliphatic rings. The number of imidazole rings is 2. The summed E-state index contributed by atoms with van der Waals surface area (Å²) >= 11 is 24.9. The second kappa shape index (κ2) is 24.6. The van der Waals surface area contributed by atoms with Gasteiger partial charge in [0.2, 0.25) is 0 Å². The van der Waals surface area contributed by atoms with Crippen LogP contribution >= 0.6 is 46.4 Å². The van der Waals surface area contributed by atoms with Gasteiger partial charge in [0.1, 0.15) is 11.4 Å². The summed E-state index contributed by atoms with van der Waals surface area (Å²) in [4.78, 5) is 55.2. The quantitative estimate of drug-likeness (QED) is 0.0674. The zero-order valence-electron chi connectivity index (χ0n) is 43.8. The van der Waals surface area contributed by atoms with E-state index in [0.717, 1.165) is 35.4 Å². The van der Waals surface area contributed by atoms with E-state index in [1.54, 1.807) is 130 Å². The highest BCUT2D eigenvalue weighted by molar-refractivity contribution is 6.35. The van der Waals surface area contributed by atoms with Crippen molar-refractivity contribution in [3.63, 3.8) is 0 Å². The first-order chi connectivity index (χ1) is 39.8. The minimum absolute atomic E-state index is 0.00530. The van der Waals surface area contributed by atoms with Crippen molar-refractivity contribution in [2.75, 3.05) is 13.1 Å². The van der Waals surface area contributed by atoms with Crippen molar-refractivity contribution in [2.24, 2.45) is 14.1 Å². The lowest BCUT2D eigenvalue weighted by Gasteiger charge is -2.09. The molecule has 0 saturated carbocycles. The fraction of sp³-hybridized carbons (Fsp3) is 0.172. The Morgan fingerprint density at radius 2 is 0.881 bits per heavy atom. The third-order valence-corrected chi connectivity index (χ3v) is 14.0. The predicted molar refractivity (Wildman–Crippen MR) is 305 cm³/mol. The number of fused-ring (bicyclic) bond motifs is 2. The van der Waals surface area contributed by atoms with E-state index in [1.807, 2.05) is 0 Å². The van der Waals surface area contributed by atoms with Crippen LogP contribution in [0.3, 0.4) is 0 Å². The standard InChI is InChI=1S/2C29H22Cl2F3N5O3/c1-38-24-7-6-19(29(32,33)34)12-23(24)36-27(38)25-14-22(18-10-20(30)13-21(31)11-18)37-39(25)15-16-2-4-17(5-3-16)28(42)35-9-8-26(40)41;1-38-24-12-19(29(32,33)34)6-7-22(24)36-27(38)25-14-23(18-10-20(30)13-21(31)11-18)37-39(25)15-16-2-4-17(5-3-16)28(42)35-9-8-26(40)41/h2*2-7,10-14H,8-9,15H2,1H3,(H,35,42)(H,40,41). The second-order valence-corrected chi connectivity index (χ2v) is 20.8. The fourth-order valence-corrected chi connectivity index (χ4v) is 10.0. The summed E-state index contributed by atoms with van der Waals surface area (Å²) in [6.45, 7) is 0.486. The number of carbonyl (C=O) groups is 4. The molecule has 84 heavy (non-hydrogen) atoms. The zero-order valence-corrected chi connectivity index (χ0v) is 46.9. The number of carboxylic acids is 2. The van der Waals surface area contributed by atoms with Gasteiger partial charge in [0, 0.05) is 69.5 Å².